The van der Waals surface area contributed by atoms with Crippen LogP contribution in [0.15, 0.2) is 30.3 Å². The Balaban J connectivity index is 1.10. The van der Waals surface area contributed by atoms with Crippen LogP contribution in [-0.2, 0) is 9.47 Å². The van der Waals surface area contributed by atoms with E-state index >= 15 is 0 Å². The molecule has 3 fully saturated rings. The highest BCUT2D eigenvalue weighted by atomic mass is 16.5. The maximum Gasteiger partial charge on any atom is 0.407 e. The van der Waals surface area contributed by atoms with Crippen LogP contribution >= 0.6 is 0 Å². The summed E-state index contributed by atoms with van der Waals surface area (Å²) in [6, 6.07) is 9.97. The molecule has 2 amide bonds. The molecule has 2 saturated heterocycles. The Labute approximate surface area is 257 Å². The van der Waals surface area contributed by atoms with Crippen LogP contribution in [0, 0.1) is 17.8 Å². The van der Waals surface area contributed by atoms with E-state index in [1.165, 1.54) is 6.42 Å². The number of carbonyl (C=O) groups is 2. The number of likely N-dealkylation sites (tertiary alicyclic amines) is 1. The van der Waals surface area contributed by atoms with Crippen LogP contribution in [0.4, 0.5) is 10.6 Å². The number of piperidine rings is 1. The van der Waals surface area contributed by atoms with Gasteiger partial charge in [-0.1, -0.05) is 18.2 Å². The third-order valence-corrected chi connectivity index (χ3v) is 9.44. The number of nitrogens with zero attached hydrogens (tertiary/aromatic N) is 3. The molecule has 0 spiro atoms. The third-order valence-electron chi connectivity index (χ3n) is 9.44. The second-order valence-corrected chi connectivity index (χ2v) is 14.0. The number of carbonyl (C=O) groups excluding carboxylic acids is 2. The van der Waals surface area contributed by atoms with Crippen LogP contribution in [0.1, 0.15) is 76.1 Å². The lowest BCUT2D eigenvalue weighted by atomic mass is 9.82. The maximum absolute atomic E-state index is 13.5. The lowest BCUT2D eigenvalue weighted by Crippen LogP contribution is -2.52. The van der Waals surface area contributed by atoms with Gasteiger partial charge in [-0.2, -0.15) is 0 Å². The molecule has 5 rings (SSSR count). The summed E-state index contributed by atoms with van der Waals surface area (Å²) in [5, 5.41) is 6.99. The first kappa shape index (κ1) is 31.5. The number of methoxy groups -OCH3 is 1. The number of hydrogen-bond acceptors (Lipinski definition) is 7. The SMILES string of the molecule is COC1CN(CCC2CCN(c3cc(C(=O)NCC4CCC(COC(=O)NC(C)(C)C)CC4)c4ccccc4n3)CC2)C1. The van der Waals surface area contributed by atoms with E-state index in [0.29, 0.717) is 36.7 Å². The average molecular weight is 594 g/mol. The Morgan fingerprint density at radius 1 is 0.977 bits per heavy atom. The molecule has 2 aromatic rings. The Morgan fingerprint density at radius 3 is 2.37 bits per heavy atom. The van der Waals surface area contributed by atoms with Gasteiger partial charge in [0.2, 0.25) is 0 Å². The van der Waals surface area contributed by atoms with Gasteiger partial charge in [0.25, 0.3) is 5.91 Å². The largest absolute Gasteiger partial charge is 0.449 e. The van der Waals surface area contributed by atoms with E-state index in [4.69, 9.17) is 14.5 Å². The van der Waals surface area contributed by atoms with Gasteiger partial charge in [-0.25, -0.2) is 9.78 Å². The predicted molar refractivity (Wildman–Crippen MR) is 171 cm³/mol. The maximum atomic E-state index is 13.5. The van der Waals surface area contributed by atoms with Gasteiger partial charge in [0.1, 0.15) is 5.82 Å². The summed E-state index contributed by atoms with van der Waals surface area (Å²) in [5.41, 5.74) is 1.28. The number of para-hydroxylation sites is 1. The number of anilines is 1. The summed E-state index contributed by atoms with van der Waals surface area (Å²) in [4.78, 5) is 35.4. The van der Waals surface area contributed by atoms with Crippen molar-refractivity contribution in [1.29, 1.82) is 0 Å². The molecule has 2 aliphatic heterocycles. The van der Waals surface area contributed by atoms with Crippen LogP contribution in [0.3, 0.4) is 0 Å². The number of hydrogen-bond donors (Lipinski definition) is 2. The molecule has 2 N–H and O–H groups in total. The third kappa shape index (κ3) is 8.82. The van der Waals surface area contributed by atoms with Gasteiger partial charge in [0.05, 0.1) is 23.8 Å². The highest BCUT2D eigenvalue weighted by molar-refractivity contribution is 6.07. The molecule has 0 bridgehead atoms. The van der Waals surface area contributed by atoms with Crippen LogP contribution in [-0.4, -0.2) is 86.5 Å². The highest BCUT2D eigenvalue weighted by Gasteiger charge is 2.28. The minimum Gasteiger partial charge on any atom is -0.449 e. The van der Waals surface area contributed by atoms with Crippen LogP contribution in [0.5, 0.6) is 0 Å². The number of pyridine rings is 1. The molecule has 3 aliphatic rings. The van der Waals surface area contributed by atoms with Crippen molar-refractivity contribution in [3.8, 4) is 0 Å². The summed E-state index contributed by atoms with van der Waals surface area (Å²) in [6.07, 6.45) is 7.69. The van der Waals surface area contributed by atoms with Crippen molar-refractivity contribution in [3.63, 3.8) is 0 Å². The molecule has 1 aromatic carbocycles. The predicted octanol–water partition coefficient (Wildman–Crippen LogP) is 5.23. The molecule has 0 radical (unpaired) electrons. The van der Waals surface area contributed by atoms with Gasteiger partial charge in [-0.15, -0.1) is 0 Å². The highest BCUT2D eigenvalue weighted by Crippen LogP contribution is 2.30. The van der Waals surface area contributed by atoms with E-state index in [-0.39, 0.29) is 17.5 Å². The summed E-state index contributed by atoms with van der Waals surface area (Å²) < 4.78 is 10.9. The van der Waals surface area contributed by atoms with Gasteiger partial charge in [-0.05, 0) is 102 Å². The first-order valence-electron chi connectivity index (χ1n) is 16.3. The Kier molecular flexibility index (Phi) is 10.4. The van der Waals surface area contributed by atoms with Crippen molar-refractivity contribution < 1.29 is 19.1 Å². The summed E-state index contributed by atoms with van der Waals surface area (Å²) in [5.74, 6) is 2.44. The van der Waals surface area contributed by atoms with Gasteiger partial charge < -0.3 is 25.0 Å². The minimum atomic E-state index is -0.349. The minimum absolute atomic E-state index is 0.0250. The van der Waals surface area contributed by atoms with E-state index in [1.807, 2.05) is 51.1 Å². The monoisotopic (exact) mass is 593 g/mol. The van der Waals surface area contributed by atoms with Crippen molar-refractivity contribution in [3.05, 3.63) is 35.9 Å². The lowest BCUT2D eigenvalue weighted by molar-refractivity contribution is -0.0314. The first-order valence-corrected chi connectivity index (χ1v) is 16.3. The van der Waals surface area contributed by atoms with E-state index in [9.17, 15) is 9.59 Å². The topological polar surface area (TPSA) is 96.0 Å². The molecule has 3 heterocycles. The summed E-state index contributed by atoms with van der Waals surface area (Å²) >= 11 is 0. The molecule has 9 heteroatoms. The zero-order valence-corrected chi connectivity index (χ0v) is 26.6. The van der Waals surface area contributed by atoms with Crippen molar-refractivity contribution in [2.75, 3.05) is 57.9 Å². The number of ether oxygens (including phenoxy) is 2. The van der Waals surface area contributed by atoms with E-state index < -0.39 is 0 Å². The summed E-state index contributed by atoms with van der Waals surface area (Å²) in [7, 11) is 1.80. The number of rotatable bonds is 10. The van der Waals surface area contributed by atoms with E-state index in [0.717, 1.165) is 93.9 Å². The molecule has 1 aromatic heterocycles. The molecule has 236 valence electrons. The fourth-order valence-corrected chi connectivity index (χ4v) is 6.65. The van der Waals surface area contributed by atoms with Crippen LogP contribution < -0.4 is 15.5 Å². The number of benzene rings is 1. The molecule has 9 nitrogen and oxygen atoms in total. The van der Waals surface area contributed by atoms with Gasteiger partial charge in [-0.3, -0.25) is 9.69 Å². The number of fused-ring (bicyclic) bond motifs is 1. The van der Waals surface area contributed by atoms with E-state index in [1.54, 1.807) is 7.11 Å². The Bertz CT molecular complexity index is 1230. The normalized spacial score (nSPS) is 22.3. The standard InChI is InChI=1S/C34H51N5O4/c1-34(2,3)37-33(41)43-23-26-11-9-25(10-12-26)20-35-32(40)29-19-31(36-30-8-6-5-7-28(29)30)39-17-14-24(15-18-39)13-16-38-21-27(22-38)42-4/h5-8,19,24-27H,9-18,20-23H2,1-4H3,(H,35,40)(H,37,41). The van der Waals surface area contributed by atoms with Crippen molar-refractivity contribution in [2.45, 2.75) is 77.4 Å². The number of aromatic nitrogens is 1. The second-order valence-electron chi connectivity index (χ2n) is 14.0. The molecular formula is C34H51N5O4. The van der Waals surface area contributed by atoms with Crippen molar-refractivity contribution >= 4 is 28.7 Å². The first-order chi connectivity index (χ1) is 20.7. The lowest BCUT2D eigenvalue weighted by Gasteiger charge is -2.40. The molecule has 1 saturated carbocycles. The van der Waals surface area contributed by atoms with Crippen molar-refractivity contribution in [2.24, 2.45) is 17.8 Å². The molecule has 1 aliphatic carbocycles. The van der Waals surface area contributed by atoms with Gasteiger partial charge >= 0.3 is 6.09 Å². The quantitative estimate of drug-likeness (QED) is 0.389. The smallest absolute Gasteiger partial charge is 0.407 e. The van der Waals surface area contributed by atoms with Crippen LogP contribution in [0.2, 0.25) is 0 Å². The molecular weight excluding hydrogens is 542 g/mol. The number of alkyl carbamates (subject to hydrolysis) is 1. The number of amides is 2. The molecule has 0 atom stereocenters. The second kappa shape index (κ2) is 14.2. The fraction of sp³-hybridized carbons (Fsp3) is 0.676. The Morgan fingerprint density at radius 2 is 1.67 bits per heavy atom. The Hall–Kier alpha value is -2.91. The van der Waals surface area contributed by atoms with Crippen LogP contribution in [0.25, 0.3) is 10.9 Å². The zero-order valence-electron chi connectivity index (χ0n) is 26.6. The van der Waals surface area contributed by atoms with Crippen molar-refractivity contribution in [1.82, 2.24) is 20.5 Å². The van der Waals surface area contributed by atoms with E-state index in [2.05, 4.69) is 20.4 Å². The fourth-order valence-electron chi connectivity index (χ4n) is 6.65. The molecule has 0 unspecified atom stereocenters. The van der Waals surface area contributed by atoms with Gasteiger partial charge in [0, 0.05) is 50.8 Å². The molecule has 43 heavy (non-hydrogen) atoms. The number of nitrogens with one attached hydrogen (secondary N) is 2. The summed E-state index contributed by atoms with van der Waals surface area (Å²) in [6.45, 7) is 12.2. The zero-order chi connectivity index (χ0) is 30.4. The van der Waals surface area contributed by atoms with Gasteiger partial charge in [0.15, 0.2) is 0 Å². The average Bonchev–Trinajstić information content (AvgIpc) is 2.97.